The first kappa shape index (κ1) is 22.3. The summed E-state index contributed by atoms with van der Waals surface area (Å²) in [6.07, 6.45) is 0. The molecule has 3 aromatic carbocycles. The van der Waals surface area contributed by atoms with Crippen molar-refractivity contribution in [1.29, 1.82) is 0 Å². The summed E-state index contributed by atoms with van der Waals surface area (Å²) in [7, 11) is 0. The average molecular weight is 486 g/mol. The number of benzene rings is 3. The first-order chi connectivity index (χ1) is 15.8. The van der Waals surface area contributed by atoms with Gasteiger partial charge in [-0.1, -0.05) is 23.2 Å². The molecule has 4 rings (SSSR count). The number of nitrogens with one attached hydrogen (secondary N) is 1. The number of rotatable bonds is 6. The van der Waals surface area contributed by atoms with Gasteiger partial charge in [0.2, 0.25) is 5.75 Å². The Balaban J connectivity index is 1.45. The normalized spacial score (nSPS) is 10.7. The largest absolute Gasteiger partial charge is 0.454 e. The number of aromatic nitrogens is 2. The molecule has 0 saturated carbocycles. The van der Waals surface area contributed by atoms with Gasteiger partial charge in [0, 0.05) is 16.1 Å². The van der Waals surface area contributed by atoms with Crippen molar-refractivity contribution in [3.05, 3.63) is 103 Å². The standard InChI is InChI=1S/C22H13Cl2N3O6/c23-13-3-7-16-17(9-13)25-20(26-21(16)28)11-32-22(29)12-1-5-15(6-2-12)33-19-8-4-14(24)10-18(19)27(30)31/h1-10H,11H2,(H,25,26,28). The van der Waals surface area contributed by atoms with Crippen molar-refractivity contribution in [3.8, 4) is 11.5 Å². The first-order valence-corrected chi connectivity index (χ1v) is 10.1. The third-order valence-electron chi connectivity index (χ3n) is 4.49. The molecule has 1 aromatic heterocycles. The number of hydrogen-bond acceptors (Lipinski definition) is 7. The highest BCUT2D eigenvalue weighted by atomic mass is 35.5. The van der Waals surface area contributed by atoms with Gasteiger partial charge < -0.3 is 14.5 Å². The second-order valence-corrected chi connectivity index (χ2v) is 7.62. The van der Waals surface area contributed by atoms with Gasteiger partial charge in [0.25, 0.3) is 5.56 Å². The number of H-pyrrole nitrogens is 1. The third kappa shape index (κ3) is 5.11. The molecule has 33 heavy (non-hydrogen) atoms. The Labute approximate surface area is 195 Å². The van der Waals surface area contributed by atoms with Gasteiger partial charge in [0.05, 0.1) is 21.4 Å². The van der Waals surface area contributed by atoms with Crippen LogP contribution in [0, 0.1) is 10.1 Å². The highest BCUT2D eigenvalue weighted by Crippen LogP contribution is 2.33. The van der Waals surface area contributed by atoms with E-state index in [2.05, 4.69) is 9.97 Å². The van der Waals surface area contributed by atoms with Gasteiger partial charge in [-0.15, -0.1) is 0 Å². The Morgan fingerprint density at radius 1 is 1.03 bits per heavy atom. The molecule has 166 valence electrons. The summed E-state index contributed by atoms with van der Waals surface area (Å²) in [6, 6.07) is 14.5. The van der Waals surface area contributed by atoms with Gasteiger partial charge in [-0.3, -0.25) is 14.9 Å². The van der Waals surface area contributed by atoms with Crippen LogP contribution >= 0.6 is 23.2 Å². The molecule has 4 aromatic rings. The van der Waals surface area contributed by atoms with Crippen molar-refractivity contribution in [1.82, 2.24) is 9.97 Å². The second kappa shape index (κ2) is 9.27. The zero-order valence-corrected chi connectivity index (χ0v) is 18.1. The monoisotopic (exact) mass is 485 g/mol. The van der Waals surface area contributed by atoms with Crippen LogP contribution in [0.4, 0.5) is 5.69 Å². The molecule has 0 aliphatic rings. The van der Waals surface area contributed by atoms with Crippen molar-refractivity contribution < 1.29 is 19.2 Å². The molecule has 11 heteroatoms. The number of hydrogen-bond donors (Lipinski definition) is 1. The lowest BCUT2D eigenvalue weighted by atomic mass is 10.2. The molecule has 0 saturated heterocycles. The summed E-state index contributed by atoms with van der Waals surface area (Å²) in [5, 5.41) is 12.2. The number of esters is 1. The van der Waals surface area contributed by atoms with Crippen LogP contribution in [0.5, 0.6) is 11.5 Å². The Bertz CT molecular complexity index is 1440. The summed E-state index contributed by atoms with van der Waals surface area (Å²) in [5.74, 6) is -0.216. The smallest absolute Gasteiger partial charge is 0.338 e. The molecule has 9 nitrogen and oxygen atoms in total. The molecular weight excluding hydrogens is 473 g/mol. The van der Waals surface area contributed by atoms with E-state index in [0.717, 1.165) is 0 Å². The number of carbonyl (C=O) groups excluding carboxylic acids is 1. The Kier molecular flexibility index (Phi) is 6.25. The van der Waals surface area contributed by atoms with Crippen LogP contribution in [-0.4, -0.2) is 20.9 Å². The molecule has 0 unspecified atom stereocenters. The van der Waals surface area contributed by atoms with Gasteiger partial charge in [-0.2, -0.15) is 0 Å². The van der Waals surface area contributed by atoms with E-state index in [1.54, 1.807) is 18.2 Å². The average Bonchev–Trinajstić information content (AvgIpc) is 2.78. The number of carbonyl (C=O) groups is 1. The molecule has 0 fully saturated rings. The molecular formula is C22H13Cl2N3O6. The molecule has 0 radical (unpaired) electrons. The topological polar surface area (TPSA) is 124 Å². The fourth-order valence-corrected chi connectivity index (χ4v) is 3.28. The minimum Gasteiger partial charge on any atom is -0.454 e. The SMILES string of the molecule is O=C(OCc1nc2cc(Cl)ccc2c(=O)[nH]1)c1ccc(Oc2ccc(Cl)cc2[N+](=O)[O-])cc1. The Morgan fingerprint density at radius 3 is 2.45 bits per heavy atom. The van der Waals surface area contributed by atoms with E-state index in [9.17, 15) is 19.7 Å². The van der Waals surface area contributed by atoms with Crippen LogP contribution in [0.25, 0.3) is 10.9 Å². The number of nitro benzene ring substituents is 1. The van der Waals surface area contributed by atoms with E-state index in [0.29, 0.717) is 15.9 Å². The number of aromatic amines is 1. The van der Waals surface area contributed by atoms with Crippen LogP contribution in [0.2, 0.25) is 10.0 Å². The molecule has 0 spiro atoms. The van der Waals surface area contributed by atoms with Crippen LogP contribution in [0.1, 0.15) is 16.2 Å². The predicted molar refractivity (Wildman–Crippen MR) is 121 cm³/mol. The molecule has 0 aliphatic carbocycles. The van der Waals surface area contributed by atoms with Crippen molar-refractivity contribution in [2.75, 3.05) is 0 Å². The molecule has 1 heterocycles. The zero-order chi connectivity index (χ0) is 23.5. The first-order valence-electron chi connectivity index (χ1n) is 9.37. The number of halogens is 2. The lowest BCUT2D eigenvalue weighted by Crippen LogP contribution is -2.14. The number of nitro groups is 1. The molecule has 0 bridgehead atoms. The van der Waals surface area contributed by atoms with E-state index < -0.39 is 10.9 Å². The predicted octanol–water partition coefficient (Wildman–Crippen LogP) is 5.29. The van der Waals surface area contributed by atoms with Crippen molar-refractivity contribution >= 4 is 45.8 Å². The summed E-state index contributed by atoms with van der Waals surface area (Å²) >= 11 is 11.7. The van der Waals surface area contributed by atoms with Gasteiger partial charge >= 0.3 is 11.7 Å². The van der Waals surface area contributed by atoms with E-state index in [1.165, 1.54) is 42.5 Å². The minimum atomic E-state index is -0.659. The maximum Gasteiger partial charge on any atom is 0.338 e. The minimum absolute atomic E-state index is 0.00571. The van der Waals surface area contributed by atoms with Crippen LogP contribution < -0.4 is 10.3 Å². The molecule has 0 aliphatic heterocycles. The summed E-state index contributed by atoms with van der Waals surface area (Å²) < 4.78 is 10.8. The Morgan fingerprint density at radius 2 is 1.73 bits per heavy atom. The maximum atomic E-state index is 12.4. The van der Waals surface area contributed by atoms with E-state index >= 15 is 0 Å². The van der Waals surface area contributed by atoms with Crippen molar-refractivity contribution in [3.63, 3.8) is 0 Å². The highest BCUT2D eigenvalue weighted by molar-refractivity contribution is 6.31. The third-order valence-corrected chi connectivity index (χ3v) is 4.96. The lowest BCUT2D eigenvalue weighted by molar-refractivity contribution is -0.385. The van der Waals surface area contributed by atoms with Crippen molar-refractivity contribution in [2.24, 2.45) is 0 Å². The number of ether oxygens (including phenoxy) is 2. The summed E-state index contributed by atoms with van der Waals surface area (Å²) in [4.78, 5) is 41.9. The fraction of sp³-hybridized carbons (Fsp3) is 0.0455. The summed E-state index contributed by atoms with van der Waals surface area (Å²) in [5.41, 5.74) is -0.0705. The maximum absolute atomic E-state index is 12.4. The molecule has 0 atom stereocenters. The van der Waals surface area contributed by atoms with Gasteiger partial charge in [0.1, 0.15) is 18.2 Å². The van der Waals surface area contributed by atoms with Crippen molar-refractivity contribution in [2.45, 2.75) is 6.61 Å². The van der Waals surface area contributed by atoms with Crippen LogP contribution in [0.3, 0.4) is 0 Å². The zero-order valence-electron chi connectivity index (χ0n) is 16.6. The summed E-state index contributed by atoms with van der Waals surface area (Å²) in [6.45, 7) is -0.258. The molecule has 1 N–H and O–H groups in total. The molecule has 0 amide bonds. The van der Waals surface area contributed by atoms with Gasteiger partial charge in [-0.25, -0.2) is 9.78 Å². The van der Waals surface area contributed by atoms with E-state index in [-0.39, 0.29) is 45.8 Å². The number of nitrogens with zero attached hydrogens (tertiary/aromatic N) is 2. The van der Waals surface area contributed by atoms with Gasteiger partial charge in [-0.05, 0) is 54.6 Å². The quantitative estimate of drug-likeness (QED) is 0.223. The van der Waals surface area contributed by atoms with Crippen LogP contribution in [-0.2, 0) is 11.3 Å². The Hall–Kier alpha value is -3.95. The van der Waals surface area contributed by atoms with Gasteiger partial charge in [0.15, 0.2) is 0 Å². The van der Waals surface area contributed by atoms with E-state index in [4.69, 9.17) is 32.7 Å². The second-order valence-electron chi connectivity index (χ2n) is 6.75. The van der Waals surface area contributed by atoms with E-state index in [1.807, 2.05) is 0 Å². The van der Waals surface area contributed by atoms with Crippen LogP contribution in [0.15, 0.2) is 65.5 Å². The highest BCUT2D eigenvalue weighted by Gasteiger charge is 2.17. The fourth-order valence-electron chi connectivity index (χ4n) is 2.95. The lowest BCUT2D eigenvalue weighted by Gasteiger charge is -2.08. The number of fused-ring (bicyclic) bond motifs is 1.